The minimum Gasteiger partial charge on any atom is -0.291 e. The number of halogens is 2. The molecule has 0 amide bonds. The van der Waals surface area contributed by atoms with Crippen molar-refractivity contribution >= 4 is 12.4 Å². The van der Waals surface area contributed by atoms with E-state index in [2.05, 4.69) is 11.0 Å². The maximum Gasteiger partial charge on any atom is 0.123 e. The fraction of sp³-hybridized carbons (Fsp3) is 0.500. The van der Waals surface area contributed by atoms with Gasteiger partial charge < -0.3 is 0 Å². The third-order valence-electron chi connectivity index (χ3n) is 3.44. The lowest BCUT2D eigenvalue weighted by Gasteiger charge is -2.30. The Bertz CT molecular complexity index is 391. The van der Waals surface area contributed by atoms with Crippen LogP contribution in [0.15, 0.2) is 24.3 Å². The normalized spacial score (nSPS) is 16.9. The van der Waals surface area contributed by atoms with E-state index in [1.165, 1.54) is 17.7 Å². The summed E-state index contributed by atoms with van der Waals surface area (Å²) in [6, 6.07) is 8.99. The van der Waals surface area contributed by atoms with Gasteiger partial charge in [0.15, 0.2) is 0 Å². The van der Waals surface area contributed by atoms with Crippen LogP contribution in [0.3, 0.4) is 0 Å². The highest BCUT2D eigenvalue weighted by Crippen LogP contribution is 2.21. The fourth-order valence-corrected chi connectivity index (χ4v) is 2.40. The van der Waals surface area contributed by atoms with Gasteiger partial charge in [-0.2, -0.15) is 5.26 Å². The number of nitrogens with zero attached hydrogens (tertiary/aromatic N) is 2. The minimum atomic E-state index is -0.169. The van der Waals surface area contributed by atoms with Crippen molar-refractivity contribution in [2.75, 3.05) is 19.6 Å². The van der Waals surface area contributed by atoms with Crippen molar-refractivity contribution in [3.05, 3.63) is 35.6 Å². The van der Waals surface area contributed by atoms with Crippen molar-refractivity contribution in [1.82, 2.24) is 4.90 Å². The molecule has 0 radical (unpaired) electrons. The summed E-state index contributed by atoms with van der Waals surface area (Å²) in [6.45, 7) is 2.57. The zero-order chi connectivity index (χ0) is 12.1. The molecule has 0 spiro atoms. The van der Waals surface area contributed by atoms with E-state index in [-0.39, 0.29) is 18.2 Å². The fourth-order valence-electron chi connectivity index (χ4n) is 2.40. The molecule has 0 bridgehead atoms. The minimum absolute atomic E-state index is 0. The first kappa shape index (κ1) is 14.9. The number of hydrogen-bond acceptors (Lipinski definition) is 2. The Balaban J connectivity index is 0.00000162. The van der Waals surface area contributed by atoms with Gasteiger partial charge in [0.05, 0.1) is 12.6 Å². The van der Waals surface area contributed by atoms with Crippen LogP contribution in [0.2, 0.25) is 0 Å². The second-order valence-electron chi connectivity index (χ2n) is 4.71. The second kappa shape index (κ2) is 7.35. The van der Waals surface area contributed by atoms with E-state index >= 15 is 0 Å². The highest BCUT2D eigenvalue weighted by molar-refractivity contribution is 5.85. The lowest BCUT2D eigenvalue weighted by Crippen LogP contribution is -2.34. The molecule has 1 aromatic carbocycles. The number of benzene rings is 1. The molecule has 0 saturated carbocycles. The van der Waals surface area contributed by atoms with Gasteiger partial charge in [-0.1, -0.05) is 12.1 Å². The van der Waals surface area contributed by atoms with Crippen LogP contribution in [0, 0.1) is 23.1 Å². The largest absolute Gasteiger partial charge is 0.291 e. The lowest BCUT2D eigenvalue weighted by molar-refractivity contribution is 0.202. The molecule has 1 heterocycles. The van der Waals surface area contributed by atoms with Crippen LogP contribution in [0.1, 0.15) is 18.4 Å². The van der Waals surface area contributed by atoms with E-state index < -0.39 is 0 Å². The van der Waals surface area contributed by atoms with Crippen molar-refractivity contribution < 1.29 is 4.39 Å². The van der Waals surface area contributed by atoms with E-state index in [0.29, 0.717) is 12.5 Å². The Hall–Kier alpha value is -1.11. The predicted molar refractivity (Wildman–Crippen MR) is 72.1 cm³/mol. The van der Waals surface area contributed by atoms with E-state index in [1.807, 2.05) is 12.1 Å². The van der Waals surface area contributed by atoms with Crippen LogP contribution in [-0.2, 0) is 6.42 Å². The van der Waals surface area contributed by atoms with Crippen molar-refractivity contribution in [2.24, 2.45) is 5.92 Å². The average molecular weight is 269 g/mol. The van der Waals surface area contributed by atoms with E-state index in [9.17, 15) is 4.39 Å². The van der Waals surface area contributed by atoms with Gasteiger partial charge in [-0.05, 0) is 56.0 Å². The molecule has 1 fully saturated rings. The molecule has 0 aromatic heterocycles. The maximum absolute atomic E-state index is 12.8. The van der Waals surface area contributed by atoms with Gasteiger partial charge >= 0.3 is 0 Å². The summed E-state index contributed by atoms with van der Waals surface area (Å²) in [5.41, 5.74) is 1.21. The highest BCUT2D eigenvalue weighted by Gasteiger charge is 2.18. The third kappa shape index (κ3) is 4.29. The molecule has 2 rings (SSSR count). The average Bonchev–Trinajstić information content (AvgIpc) is 2.35. The van der Waals surface area contributed by atoms with Gasteiger partial charge in [-0.25, -0.2) is 4.39 Å². The summed E-state index contributed by atoms with van der Waals surface area (Å²) in [4.78, 5) is 2.20. The van der Waals surface area contributed by atoms with Crippen molar-refractivity contribution in [2.45, 2.75) is 19.3 Å². The molecule has 0 unspecified atom stereocenters. The van der Waals surface area contributed by atoms with E-state index in [0.717, 1.165) is 32.4 Å². The molecular weight excluding hydrogens is 251 g/mol. The topological polar surface area (TPSA) is 27.0 Å². The summed E-state index contributed by atoms with van der Waals surface area (Å²) >= 11 is 0. The first-order valence-corrected chi connectivity index (χ1v) is 6.11. The molecule has 98 valence electrons. The molecule has 1 saturated heterocycles. The molecule has 0 N–H and O–H groups in total. The van der Waals surface area contributed by atoms with Crippen LogP contribution in [-0.4, -0.2) is 24.5 Å². The Kier molecular flexibility index (Phi) is 6.11. The van der Waals surface area contributed by atoms with Crippen LogP contribution in [0.4, 0.5) is 4.39 Å². The molecule has 2 nitrogen and oxygen atoms in total. The van der Waals surface area contributed by atoms with Crippen molar-refractivity contribution in [3.63, 3.8) is 0 Å². The smallest absolute Gasteiger partial charge is 0.123 e. The predicted octanol–water partition coefficient (Wildman–Crippen LogP) is 3.03. The van der Waals surface area contributed by atoms with Gasteiger partial charge in [0.1, 0.15) is 5.82 Å². The molecule has 1 aliphatic rings. The van der Waals surface area contributed by atoms with Crippen LogP contribution in [0.5, 0.6) is 0 Å². The van der Waals surface area contributed by atoms with Gasteiger partial charge in [0.25, 0.3) is 0 Å². The number of nitriles is 1. The monoisotopic (exact) mass is 268 g/mol. The zero-order valence-corrected chi connectivity index (χ0v) is 11.1. The number of hydrogen-bond donors (Lipinski definition) is 0. The molecule has 1 aliphatic heterocycles. The van der Waals surface area contributed by atoms with E-state index in [1.54, 1.807) is 0 Å². The van der Waals surface area contributed by atoms with Gasteiger partial charge in [-0.15, -0.1) is 12.4 Å². The summed E-state index contributed by atoms with van der Waals surface area (Å²) in [7, 11) is 0. The Labute approximate surface area is 114 Å². The second-order valence-corrected chi connectivity index (χ2v) is 4.71. The quantitative estimate of drug-likeness (QED) is 0.788. The van der Waals surface area contributed by atoms with E-state index in [4.69, 9.17) is 5.26 Å². The Morgan fingerprint density at radius 2 is 1.83 bits per heavy atom. The third-order valence-corrected chi connectivity index (χ3v) is 3.44. The molecule has 0 atom stereocenters. The van der Waals surface area contributed by atoms with Crippen LogP contribution >= 0.6 is 12.4 Å². The Morgan fingerprint density at radius 3 is 2.39 bits per heavy atom. The molecule has 1 aromatic rings. The molecular formula is C14H18ClFN2. The first-order valence-electron chi connectivity index (χ1n) is 6.11. The summed E-state index contributed by atoms with van der Waals surface area (Å²) in [6.07, 6.45) is 3.30. The van der Waals surface area contributed by atoms with Crippen LogP contribution in [0.25, 0.3) is 0 Å². The lowest BCUT2D eigenvalue weighted by atomic mass is 9.90. The zero-order valence-electron chi connectivity index (χ0n) is 10.3. The maximum atomic E-state index is 12.8. The molecule has 18 heavy (non-hydrogen) atoms. The van der Waals surface area contributed by atoms with Crippen molar-refractivity contribution in [3.8, 4) is 6.07 Å². The molecule has 0 aliphatic carbocycles. The number of likely N-dealkylation sites (tertiary alicyclic amines) is 1. The van der Waals surface area contributed by atoms with Gasteiger partial charge in [-0.3, -0.25) is 4.90 Å². The highest BCUT2D eigenvalue weighted by atomic mass is 35.5. The molecule has 4 heteroatoms. The summed E-state index contributed by atoms with van der Waals surface area (Å²) in [5, 5.41) is 8.62. The summed E-state index contributed by atoms with van der Waals surface area (Å²) < 4.78 is 12.8. The van der Waals surface area contributed by atoms with Crippen molar-refractivity contribution in [1.29, 1.82) is 5.26 Å². The Morgan fingerprint density at radius 1 is 1.22 bits per heavy atom. The SMILES string of the molecule is Cl.N#CCN1CCC(Cc2ccc(F)cc2)CC1. The number of piperidine rings is 1. The number of rotatable bonds is 3. The first-order chi connectivity index (χ1) is 8.28. The van der Waals surface area contributed by atoms with Gasteiger partial charge in [0, 0.05) is 0 Å². The van der Waals surface area contributed by atoms with Crippen LogP contribution < -0.4 is 0 Å². The standard InChI is InChI=1S/C14H17FN2.ClH/c15-14-3-1-12(2-4-14)11-13-5-8-17(9-6-13)10-7-16;/h1-4,13H,5-6,8-11H2;1H. The summed E-state index contributed by atoms with van der Waals surface area (Å²) in [5.74, 6) is 0.507. The van der Waals surface area contributed by atoms with Gasteiger partial charge in [0.2, 0.25) is 0 Å².